The molecule has 0 saturated heterocycles. The third kappa shape index (κ3) is 6.52. The van der Waals surface area contributed by atoms with Crippen LogP contribution in [-0.2, 0) is 4.43 Å². The molecule has 17 heavy (non-hydrogen) atoms. The number of nitrogens with one attached hydrogen (secondary N) is 1. The van der Waals surface area contributed by atoms with Crippen LogP contribution in [0, 0.1) is 0 Å². The molecule has 0 aliphatic heterocycles. The topological polar surface area (TPSA) is 61.7 Å². The van der Waals surface area contributed by atoms with Gasteiger partial charge in [-0.2, -0.15) is 0 Å². The molecule has 0 fully saturated rings. The molecule has 0 amide bonds. The van der Waals surface area contributed by atoms with Crippen molar-refractivity contribution >= 4 is 8.32 Å². The first-order valence-electron chi connectivity index (χ1n) is 6.20. The average Bonchev–Trinajstić information content (AvgIpc) is 2.14. The number of aliphatic hydroxyl groups is 2. The molecule has 104 valence electrons. The molecule has 0 aliphatic carbocycles. The lowest BCUT2D eigenvalue weighted by Crippen LogP contribution is -2.49. The lowest BCUT2D eigenvalue weighted by molar-refractivity contribution is 0.00695. The summed E-state index contributed by atoms with van der Waals surface area (Å²) in [7, 11) is -1.80. The summed E-state index contributed by atoms with van der Waals surface area (Å²) in [5.41, 5.74) is -0.884. The molecule has 5 heteroatoms. The lowest BCUT2D eigenvalue weighted by atomic mass is 10.1. The maximum Gasteiger partial charge on any atom is 0.192 e. The zero-order valence-electron chi connectivity index (χ0n) is 12.1. The summed E-state index contributed by atoms with van der Waals surface area (Å²) in [6.45, 7) is 14.0. The van der Waals surface area contributed by atoms with Crippen molar-refractivity contribution < 1.29 is 14.6 Å². The van der Waals surface area contributed by atoms with Crippen LogP contribution in [0.4, 0.5) is 0 Å². The van der Waals surface area contributed by atoms with E-state index in [-0.39, 0.29) is 11.6 Å². The fourth-order valence-corrected chi connectivity index (χ4v) is 2.14. The quantitative estimate of drug-likeness (QED) is 0.479. The molecule has 0 rings (SSSR count). The minimum Gasteiger partial charge on any atom is -0.414 e. The molecule has 0 aromatic carbocycles. The van der Waals surface area contributed by atoms with Gasteiger partial charge in [-0.25, -0.2) is 0 Å². The maximum absolute atomic E-state index is 10.1. The first kappa shape index (κ1) is 17.1. The van der Waals surface area contributed by atoms with E-state index in [1.54, 1.807) is 6.92 Å². The smallest absolute Gasteiger partial charge is 0.192 e. The van der Waals surface area contributed by atoms with Crippen LogP contribution in [0.2, 0.25) is 18.1 Å². The van der Waals surface area contributed by atoms with Crippen LogP contribution in [0.15, 0.2) is 0 Å². The fraction of sp³-hybridized carbons (Fsp3) is 1.00. The van der Waals surface area contributed by atoms with Crippen molar-refractivity contribution in [1.82, 2.24) is 5.32 Å². The highest BCUT2D eigenvalue weighted by atomic mass is 28.4. The summed E-state index contributed by atoms with van der Waals surface area (Å²) in [4.78, 5) is 0. The van der Waals surface area contributed by atoms with E-state index in [1.807, 2.05) is 0 Å². The zero-order chi connectivity index (χ0) is 13.7. The van der Waals surface area contributed by atoms with E-state index in [1.165, 1.54) is 0 Å². The Bertz CT molecular complexity index is 224. The van der Waals surface area contributed by atoms with E-state index in [4.69, 9.17) is 9.53 Å². The van der Waals surface area contributed by atoms with Gasteiger partial charge < -0.3 is 20.0 Å². The Morgan fingerprint density at radius 3 is 2.12 bits per heavy atom. The maximum atomic E-state index is 10.1. The van der Waals surface area contributed by atoms with Crippen LogP contribution in [-0.4, -0.2) is 50.4 Å². The zero-order valence-corrected chi connectivity index (χ0v) is 13.1. The molecular weight excluding hydrogens is 234 g/mol. The van der Waals surface area contributed by atoms with Crippen LogP contribution >= 0.6 is 0 Å². The van der Waals surface area contributed by atoms with E-state index in [0.29, 0.717) is 19.7 Å². The normalized spacial score (nSPS) is 16.9. The van der Waals surface area contributed by atoms with Crippen molar-refractivity contribution in [3.8, 4) is 0 Å². The van der Waals surface area contributed by atoms with Gasteiger partial charge in [-0.05, 0) is 25.1 Å². The van der Waals surface area contributed by atoms with E-state index < -0.39 is 13.9 Å². The summed E-state index contributed by atoms with van der Waals surface area (Å²) in [5.74, 6) is 0. The van der Waals surface area contributed by atoms with Gasteiger partial charge in [0.2, 0.25) is 0 Å². The molecule has 3 N–H and O–H groups in total. The Kier molecular flexibility index (Phi) is 6.31. The Labute approximate surface area is 107 Å². The SMILES string of the molecule is CC(O)(CNCCO)CO[Si](C)(C)C(C)(C)C. The van der Waals surface area contributed by atoms with Gasteiger partial charge in [-0.1, -0.05) is 20.8 Å². The largest absolute Gasteiger partial charge is 0.414 e. The van der Waals surface area contributed by atoms with Crippen LogP contribution in [0.5, 0.6) is 0 Å². The molecule has 0 bridgehead atoms. The van der Waals surface area contributed by atoms with Gasteiger partial charge in [0.25, 0.3) is 0 Å². The highest BCUT2D eigenvalue weighted by molar-refractivity contribution is 6.74. The molecule has 0 aromatic rings. The Balaban J connectivity index is 4.17. The van der Waals surface area contributed by atoms with Crippen LogP contribution in [0.25, 0.3) is 0 Å². The molecule has 0 aliphatic rings. The Hall–Kier alpha value is 0.0569. The van der Waals surface area contributed by atoms with E-state index in [2.05, 4.69) is 39.2 Å². The van der Waals surface area contributed by atoms with Crippen molar-refractivity contribution in [3.05, 3.63) is 0 Å². The molecule has 1 unspecified atom stereocenters. The molecule has 0 aromatic heterocycles. The number of hydrogen-bond acceptors (Lipinski definition) is 4. The molecule has 4 nitrogen and oxygen atoms in total. The second-order valence-electron chi connectivity index (χ2n) is 6.45. The standard InChI is InChI=1S/C12H29NO3Si/c1-11(2,3)17(5,6)16-10-12(4,15)9-13-7-8-14/h13-15H,7-10H2,1-6H3. The molecular formula is C12H29NO3Si. The number of hydrogen-bond donors (Lipinski definition) is 3. The minimum absolute atomic E-state index is 0.0825. The van der Waals surface area contributed by atoms with Crippen molar-refractivity contribution in [2.75, 3.05) is 26.3 Å². The molecule has 0 heterocycles. The Morgan fingerprint density at radius 1 is 1.18 bits per heavy atom. The predicted octanol–water partition coefficient (Wildman–Crippen LogP) is 1.34. The van der Waals surface area contributed by atoms with Gasteiger partial charge >= 0.3 is 0 Å². The monoisotopic (exact) mass is 263 g/mol. The van der Waals surface area contributed by atoms with E-state index >= 15 is 0 Å². The predicted molar refractivity (Wildman–Crippen MR) is 73.7 cm³/mol. The third-order valence-corrected chi connectivity index (χ3v) is 7.82. The van der Waals surface area contributed by atoms with Gasteiger partial charge in [-0.15, -0.1) is 0 Å². The van der Waals surface area contributed by atoms with Crippen LogP contribution in [0.3, 0.4) is 0 Å². The van der Waals surface area contributed by atoms with Gasteiger partial charge in [-0.3, -0.25) is 0 Å². The van der Waals surface area contributed by atoms with Crippen molar-refractivity contribution in [2.45, 2.75) is 51.4 Å². The first-order valence-corrected chi connectivity index (χ1v) is 9.11. The Morgan fingerprint density at radius 2 is 1.71 bits per heavy atom. The molecule has 0 saturated carbocycles. The highest BCUT2D eigenvalue weighted by Gasteiger charge is 2.38. The molecule has 0 radical (unpaired) electrons. The van der Waals surface area contributed by atoms with Gasteiger partial charge in [0, 0.05) is 13.1 Å². The second-order valence-corrected chi connectivity index (χ2v) is 11.3. The molecule has 0 spiro atoms. The number of aliphatic hydroxyl groups excluding tert-OH is 1. The van der Waals surface area contributed by atoms with Gasteiger partial charge in [0.15, 0.2) is 8.32 Å². The van der Waals surface area contributed by atoms with Crippen molar-refractivity contribution in [3.63, 3.8) is 0 Å². The first-order chi connectivity index (χ1) is 7.52. The molecule has 1 atom stereocenters. The second kappa shape index (κ2) is 6.29. The summed E-state index contributed by atoms with van der Waals surface area (Å²) < 4.78 is 5.98. The van der Waals surface area contributed by atoms with Gasteiger partial charge in [0.1, 0.15) is 0 Å². The lowest BCUT2D eigenvalue weighted by Gasteiger charge is -2.38. The average molecular weight is 263 g/mol. The van der Waals surface area contributed by atoms with E-state index in [9.17, 15) is 5.11 Å². The minimum atomic E-state index is -1.80. The number of rotatable bonds is 7. The van der Waals surface area contributed by atoms with E-state index in [0.717, 1.165) is 0 Å². The van der Waals surface area contributed by atoms with Crippen molar-refractivity contribution in [2.24, 2.45) is 0 Å². The van der Waals surface area contributed by atoms with Crippen LogP contribution < -0.4 is 5.32 Å². The van der Waals surface area contributed by atoms with Crippen molar-refractivity contribution in [1.29, 1.82) is 0 Å². The summed E-state index contributed by atoms with van der Waals surface area (Å²) in [6.07, 6.45) is 0. The third-order valence-electron chi connectivity index (χ3n) is 3.34. The summed E-state index contributed by atoms with van der Waals surface area (Å²) in [5, 5.41) is 21.9. The highest BCUT2D eigenvalue weighted by Crippen LogP contribution is 2.36. The summed E-state index contributed by atoms with van der Waals surface area (Å²) in [6, 6.07) is 0. The fourth-order valence-electron chi connectivity index (χ4n) is 1.04. The van der Waals surface area contributed by atoms with Crippen LogP contribution in [0.1, 0.15) is 27.7 Å². The summed E-state index contributed by atoms with van der Waals surface area (Å²) >= 11 is 0. The van der Waals surface area contributed by atoms with Gasteiger partial charge in [0.05, 0.1) is 18.8 Å².